The standard InChI is InChI=1S/C22H19ClN2O6/c1-12-4-5-13(20-24-16-9-14(23)6-7-18(16)31-20)8-17(12)25-11-30-10-15(21(26)28-2)19(25)22(27)29-3/h4-9H,10-11H2,1-3H3. The Bertz CT molecular complexity index is 1220. The maximum Gasteiger partial charge on any atom is 0.355 e. The molecule has 160 valence electrons. The molecule has 0 radical (unpaired) electrons. The first-order valence-electron chi connectivity index (χ1n) is 9.35. The van der Waals surface area contributed by atoms with Gasteiger partial charge >= 0.3 is 11.9 Å². The van der Waals surface area contributed by atoms with E-state index in [9.17, 15) is 9.59 Å². The number of esters is 2. The highest BCUT2D eigenvalue weighted by molar-refractivity contribution is 6.31. The van der Waals surface area contributed by atoms with Gasteiger partial charge in [-0.15, -0.1) is 0 Å². The van der Waals surface area contributed by atoms with Gasteiger partial charge in [-0.1, -0.05) is 17.7 Å². The predicted octanol–water partition coefficient (Wildman–Crippen LogP) is 3.85. The van der Waals surface area contributed by atoms with Crippen LogP contribution in [0.15, 0.2) is 52.1 Å². The maximum atomic E-state index is 12.6. The van der Waals surface area contributed by atoms with Crippen LogP contribution in [0.4, 0.5) is 5.69 Å². The zero-order valence-electron chi connectivity index (χ0n) is 17.1. The van der Waals surface area contributed by atoms with E-state index < -0.39 is 11.9 Å². The molecule has 9 heteroatoms. The molecule has 0 saturated heterocycles. The minimum absolute atomic E-state index is 0.0540. The molecule has 0 spiro atoms. The second-order valence-electron chi connectivity index (χ2n) is 6.85. The molecule has 0 bridgehead atoms. The van der Waals surface area contributed by atoms with E-state index in [0.29, 0.717) is 33.3 Å². The van der Waals surface area contributed by atoms with Gasteiger partial charge in [-0.3, -0.25) is 0 Å². The first kappa shape index (κ1) is 20.9. The van der Waals surface area contributed by atoms with Crippen LogP contribution in [-0.2, 0) is 23.8 Å². The molecule has 0 amide bonds. The molecule has 8 nitrogen and oxygen atoms in total. The van der Waals surface area contributed by atoms with Gasteiger partial charge in [0.25, 0.3) is 0 Å². The van der Waals surface area contributed by atoms with Crippen LogP contribution in [0.5, 0.6) is 0 Å². The molecule has 4 rings (SSSR count). The van der Waals surface area contributed by atoms with Crippen LogP contribution in [0, 0.1) is 6.92 Å². The monoisotopic (exact) mass is 442 g/mol. The summed E-state index contributed by atoms with van der Waals surface area (Å²) >= 11 is 6.04. The molecule has 0 unspecified atom stereocenters. The summed E-state index contributed by atoms with van der Waals surface area (Å²) in [6.45, 7) is 1.88. The van der Waals surface area contributed by atoms with E-state index in [0.717, 1.165) is 5.56 Å². The zero-order valence-corrected chi connectivity index (χ0v) is 17.9. The molecule has 2 heterocycles. The Hall–Kier alpha value is -3.36. The number of ether oxygens (including phenoxy) is 3. The fraction of sp³-hybridized carbons (Fsp3) is 0.227. The molecular weight excluding hydrogens is 424 g/mol. The lowest BCUT2D eigenvalue weighted by Gasteiger charge is -2.32. The molecule has 0 aliphatic carbocycles. The normalized spacial score (nSPS) is 14.1. The number of fused-ring (bicyclic) bond motifs is 1. The van der Waals surface area contributed by atoms with Crippen molar-refractivity contribution >= 4 is 40.3 Å². The van der Waals surface area contributed by atoms with Gasteiger partial charge in [-0.05, 0) is 42.8 Å². The third-order valence-electron chi connectivity index (χ3n) is 4.93. The topological polar surface area (TPSA) is 91.1 Å². The number of hydrogen-bond donors (Lipinski definition) is 0. The number of benzene rings is 2. The Morgan fingerprint density at radius 1 is 1.10 bits per heavy atom. The van der Waals surface area contributed by atoms with E-state index in [1.807, 2.05) is 25.1 Å². The summed E-state index contributed by atoms with van der Waals surface area (Å²) in [5.41, 5.74) is 3.56. The van der Waals surface area contributed by atoms with Gasteiger partial charge in [0, 0.05) is 16.3 Å². The predicted molar refractivity (Wildman–Crippen MR) is 114 cm³/mol. The van der Waals surface area contributed by atoms with Crippen LogP contribution < -0.4 is 4.90 Å². The third-order valence-corrected chi connectivity index (χ3v) is 5.16. The number of nitrogens with zero attached hydrogens (tertiary/aromatic N) is 2. The SMILES string of the molecule is COC(=O)C1=C(C(=O)OC)N(c2cc(-c3nc4cc(Cl)ccc4o3)ccc2C)COC1. The summed E-state index contributed by atoms with van der Waals surface area (Å²) in [7, 11) is 2.50. The van der Waals surface area contributed by atoms with E-state index in [-0.39, 0.29) is 24.6 Å². The summed E-state index contributed by atoms with van der Waals surface area (Å²) in [6.07, 6.45) is 0. The maximum absolute atomic E-state index is 12.6. The minimum atomic E-state index is -0.662. The number of rotatable bonds is 4. The largest absolute Gasteiger partial charge is 0.466 e. The molecule has 31 heavy (non-hydrogen) atoms. The Balaban J connectivity index is 1.83. The van der Waals surface area contributed by atoms with Crippen molar-refractivity contribution in [2.45, 2.75) is 6.92 Å². The molecule has 1 aliphatic heterocycles. The summed E-state index contributed by atoms with van der Waals surface area (Å²) < 4.78 is 21.2. The molecule has 0 N–H and O–H groups in total. The Morgan fingerprint density at radius 2 is 1.87 bits per heavy atom. The average Bonchev–Trinajstić information content (AvgIpc) is 3.21. The number of carbonyl (C=O) groups excluding carboxylic acids is 2. The van der Waals surface area contributed by atoms with Gasteiger partial charge in [0.2, 0.25) is 5.89 Å². The van der Waals surface area contributed by atoms with Gasteiger partial charge in [-0.25, -0.2) is 14.6 Å². The van der Waals surface area contributed by atoms with Gasteiger partial charge in [0.1, 0.15) is 17.9 Å². The number of halogens is 1. The second kappa shape index (κ2) is 8.41. The van der Waals surface area contributed by atoms with Crippen molar-refractivity contribution in [1.29, 1.82) is 0 Å². The van der Waals surface area contributed by atoms with Gasteiger partial charge in [-0.2, -0.15) is 0 Å². The number of aromatic nitrogens is 1. The van der Waals surface area contributed by atoms with E-state index in [4.69, 9.17) is 30.2 Å². The van der Waals surface area contributed by atoms with Gasteiger partial charge in [0.15, 0.2) is 5.58 Å². The third kappa shape index (κ3) is 3.87. The summed E-state index contributed by atoms with van der Waals surface area (Å²) in [5.74, 6) is -0.923. The smallest absolute Gasteiger partial charge is 0.355 e. The van der Waals surface area contributed by atoms with Crippen LogP contribution in [0.1, 0.15) is 5.56 Å². The van der Waals surface area contributed by atoms with Crippen LogP contribution in [0.2, 0.25) is 5.02 Å². The van der Waals surface area contributed by atoms with Crippen molar-refractivity contribution in [3.05, 3.63) is 58.3 Å². The average molecular weight is 443 g/mol. The number of oxazole rings is 1. The Kier molecular flexibility index (Phi) is 5.67. The number of anilines is 1. The first-order chi connectivity index (χ1) is 14.9. The Morgan fingerprint density at radius 3 is 2.61 bits per heavy atom. The van der Waals surface area contributed by atoms with Crippen molar-refractivity contribution in [3.8, 4) is 11.5 Å². The lowest BCUT2D eigenvalue weighted by Crippen LogP contribution is -2.39. The minimum Gasteiger partial charge on any atom is -0.466 e. The molecule has 2 aromatic carbocycles. The fourth-order valence-electron chi connectivity index (χ4n) is 3.39. The van der Waals surface area contributed by atoms with Crippen LogP contribution in [-0.4, -0.2) is 44.5 Å². The number of hydrogen-bond acceptors (Lipinski definition) is 8. The van der Waals surface area contributed by atoms with Crippen molar-refractivity contribution < 1.29 is 28.2 Å². The molecule has 3 aromatic rings. The summed E-state index contributed by atoms with van der Waals surface area (Å²) in [4.78, 5) is 30.9. The first-order valence-corrected chi connectivity index (χ1v) is 9.73. The second-order valence-corrected chi connectivity index (χ2v) is 7.28. The number of carbonyl (C=O) groups is 2. The van der Waals surface area contributed by atoms with Crippen LogP contribution >= 0.6 is 11.6 Å². The lowest BCUT2D eigenvalue weighted by molar-refractivity contribution is -0.140. The molecule has 0 atom stereocenters. The van der Waals surface area contributed by atoms with Crippen molar-refractivity contribution in [2.24, 2.45) is 0 Å². The quantitative estimate of drug-likeness (QED) is 0.563. The highest BCUT2D eigenvalue weighted by atomic mass is 35.5. The molecule has 0 saturated carbocycles. The molecule has 0 fully saturated rings. The summed E-state index contributed by atoms with van der Waals surface area (Å²) in [5, 5.41) is 0.561. The highest BCUT2D eigenvalue weighted by Gasteiger charge is 2.33. The van der Waals surface area contributed by atoms with Crippen LogP contribution in [0.25, 0.3) is 22.6 Å². The van der Waals surface area contributed by atoms with Crippen molar-refractivity contribution in [1.82, 2.24) is 4.98 Å². The molecular formula is C22H19ClN2O6. The zero-order chi connectivity index (χ0) is 22.1. The fourth-order valence-corrected chi connectivity index (χ4v) is 3.56. The number of aryl methyl sites for hydroxylation is 1. The molecule has 1 aromatic heterocycles. The Labute approximate surface area is 182 Å². The van der Waals surface area contributed by atoms with E-state index in [1.165, 1.54) is 14.2 Å². The van der Waals surface area contributed by atoms with Crippen LogP contribution in [0.3, 0.4) is 0 Å². The number of methoxy groups -OCH3 is 2. The lowest BCUT2D eigenvalue weighted by atomic mass is 10.1. The highest BCUT2D eigenvalue weighted by Crippen LogP contribution is 2.34. The summed E-state index contributed by atoms with van der Waals surface area (Å²) in [6, 6.07) is 10.7. The van der Waals surface area contributed by atoms with E-state index in [1.54, 1.807) is 23.1 Å². The van der Waals surface area contributed by atoms with Crippen molar-refractivity contribution in [2.75, 3.05) is 32.5 Å². The van der Waals surface area contributed by atoms with E-state index >= 15 is 0 Å². The van der Waals surface area contributed by atoms with Gasteiger partial charge in [0.05, 0.1) is 26.4 Å². The van der Waals surface area contributed by atoms with Crippen molar-refractivity contribution in [3.63, 3.8) is 0 Å². The van der Waals surface area contributed by atoms with E-state index in [2.05, 4.69) is 4.98 Å². The molecule has 1 aliphatic rings. The van der Waals surface area contributed by atoms with Gasteiger partial charge < -0.3 is 23.5 Å².